The molecule has 4 nitrogen and oxygen atoms in total. The van der Waals surface area contributed by atoms with Gasteiger partial charge < -0.3 is 10.1 Å². The Morgan fingerprint density at radius 3 is 3.15 bits per heavy atom. The second-order valence-electron chi connectivity index (χ2n) is 2.83. The molecule has 0 aromatic carbocycles. The minimum atomic E-state index is 0.00856. The summed E-state index contributed by atoms with van der Waals surface area (Å²) in [5.41, 5.74) is 0.840. The van der Waals surface area contributed by atoms with E-state index in [2.05, 4.69) is 15.3 Å². The minimum Gasteiger partial charge on any atom is -0.369 e. The number of morpholine rings is 1. The minimum absolute atomic E-state index is 0.00856. The zero-order chi connectivity index (χ0) is 9.10. The molecular formula is C8H10ClN3O. The van der Waals surface area contributed by atoms with Crippen molar-refractivity contribution in [3.8, 4) is 0 Å². The van der Waals surface area contributed by atoms with Crippen molar-refractivity contribution in [3.63, 3.8) is 0 Å². The second-order valence-corrected chi connectivity index (χ2v) is 3.22. The highest BCUT2D eigenvalue weighted by molar-refractivity contribution is 6.29. The molecule has 1 unspecified atom stereocenters. The molecule has 1 aromatic rings. The number of hydrogen-bond donors (Lipinski definition) is 1. The molecule has 1 aliphatic rings. The van der Waals surface area contributed by atoms with Gasteiger partial charge in [-0.15, -0.1) is 0 Å². The van der Waals surface area contributed by atoms with Gasteiger partial charge in [0.15, 0.2) is 0 Å². The number of aromatic nitrogens is 2. The van der Waals surface area contributed by atoms with Gasteiger partial charge in [-0.1, -0.05) is 11.6 Å². The van der Waals surface area contributed by atoms with Gasteiger partial charge in [0.1, 0.15) is 17.6 Å². The molecule has 13 heavy (non-hydrogen) atoms. The van der Waals surface area contributed by atoms with Gasteiger partial charge in [-0.2, -0.15) is 0 Å². The van der Waals surface area contributed by atoms with Crippen LogP contribution in [0.15, 0.2) is 12.4 Å². The van der Waals surface area contributed by atoms with Crippen molar-refractivity contribution in [2.75, 3.05) is 19.7 Å². The van der Waals surface area contributed by atoms with Crippen molar-refractivity contribution in [3.05, 3.63) is 23.2 Å². The molecule has 2 rings (SSSR count). The maximum absolute atomic E-state index is 5.74. The molecule has 1 aliphatic heterocycles. The Bertz CT molecular complexity index is 288. The molecule has 70 valence electrons. The average molecular weight is 200 g/mol. The molecular weight excluding hydrogens is 190 g/mol. The van der Waals surface area contributed by atoms with E-state index in [1.807, 2.05) is 0 Å². The van der Waals surface area contributed by atoms with E-state index in [1.165, 1.54) is 6.33 Å². The molecule has 5 heteroatoms. The highest BCUT2D eigenvalue weighted by atomic mass is 35.5. The predicted molar refractivity (Wildman–Crippen MR) is 48.6 cm³/mol. The first-order valence-electron chi connectivity index (χ1n) is 4.16. The van der Waals surface area contributed by atoms with Gasteiger partial charge in [-0.3, -0.25) is 0 Å². The Labute approximate surface area is 81.3 Å². The summed E-state index contributed by atoms with van der Waals surface area (Å²) in [4.78, 5) is 7.92. The number of nitrogens with one attached hydrogen (secondary N) is 1. The Kier molecular flexibility index (Phi) is 2.73. The first-order valence-corrected chi connectivity index (χ1v) is 4.54. The Morgan fingerprint density at radius 1 is 1.54 bits per heavy atom. The van der Waals surface area contributed by atoms with Crippen molar-refractivity contribution in [1.29, 1.82) is 0 Å². The third-order valence-electron chi connectivity index (χ3n) is 1.91. The lowest BCUT2D eigenvalue weighted by molar-refractivity contribution is 0.0249. The van der Waals surface area contributed by atoms with E-state index in [1.54, 1.807) is 6.07 Å². The molecule has 1 aromatic heterocycles. The Morgan fingerprint density at radius 2 is 2.46 bits per heavy atom. The standard InChI is InChI=1S/C8H10ClN3O/c9-8-3-6(11-5-12-8)7-4-10-1-2-13-7/h3,5,7,10H,1-2,4H2. The summed E-state index contributed by atoms with van der Waals surface area (Å²) in [5.74, 6) is 0. The van der Waals surface area contributed by atoms with Crippen molar-refractivity contribution < 1.29 is 4.74 Å². The zero-order valence-corrected chi connectivity index (χ0v) is 7.79. The quantitative estimate of drug-likeness (QED) is 0.680. The fourth-order valence-corrected chi connectivity index (χ4v) is 1.43. The molecule has 0 saturated carbocycles. The monoisotopic (exact) mass is 199 g/mol. The topological polar surface area (TPSA) is 47.0 Å². The van der Waals surface area contributed by atoms with Crippen molar-refractivity contribution in [2.24, 2.45) is 0 Å². The third-order valence-corrected chi connectivity index (χ3v) is 2.12. The molecule has 0 bridgehead atoms. The fraction of sp³-hybridized carbons (Fsp3) is 0.500. The summed E-state index contributed by atoms with van der Waals surface area (Å²) in [6.45, 7) is 2.40. The van der Waals surface area contributed by atoms with E-state index in [0.717, 1.165) is 18.8 Å². The molecule has 0 radical (unpaired) electrons. The molecule has 1 saturated heterocycles. The van der Waals surface area contributed by atoms with Crippen LogP contribution in [0, 0.1) is 0 Å². The molecule has 0 aliphatic carbocycles. The van der Waals surface area contributed by atoms with Crippen molar-refractivity contribution >= 4 is 11.6 Å². The molecule has 1 N–H and O–H groups in total. The SMILES string of the molecule is Clc1cc(C2CNCCO2)ncn1. The molecule has 0 spiro atoms. The van der Waals surface area contributed by atoms with Crippen LogP contribution in [-0.4, -0.2) is 29.7 Å². The second kappa shape index (κ2) is 4.00. The van der Waals surface area contributed by atoms with Crippen LogP contribution < -0.4 is 5.32 Å². The van der Waals surface area contributed by atoms with E-state index >= 15 is 0 Å². The smallest absolute Gasteiger partial charge is 0.132 e. The van der Waals surface area contributed by atoms with Gasteiger partial charge in [0, 0.05) is 13.1 Å². The number of hydrogen-bond acceptors (Lipinski definition) is 4. The largest absolute Gasteiger partial charge is 0.369 e. The van der Waals surface area contributed by atoms with Crippen LogP contribution in [0.1, 0.15) is 11.8 Å². The molecule has 2 heterocycles. The highest BCUT2D eigenvalue weighted by Gasteiger charge is 2.16. The molecule has 1 fully saturated rings. The van der Waals surface area contributed by atoms with Gasteiger partial charge in [0.2, 0.25) is 0 Å². The summed E-state index contributed by atoms with van der Waals surface area (Å²) in [7, 11) is 0. The first-order chi connectivity index (χ1) is 6.36. The normalized spacial score (nSPS) is 23.0. The van der Waals surface area contributed by atoms with Gasteiger partial charge in [-0.05, 0) is 6.07 Å². The Balaban J connectivity index is 2.14. The van der Waals surface area contributed by atoms with Gasteiger partial charge in [0.05, 0.1) is 12.3 Å². The van der Waals surface area contributed by atoms with Crippen LogP contribution in [0.5, 0.6) is 0 Å². The number of rotatable bonds is 1. The molecule has 0 amide bonds. The van der Waals surface area contributed by atoms with Gasteiger partial charge in [0.25, 0.3) is 0 Å². The average Bonchev–Trinajstić information content (AvgIpc) is 2.19. The van der Waals surface area contributed by atoms with Crippen LogP contribution in [0.2, 0.25) is 5.15 Å². The van der Waals surface area contributed by atoms with Crippen LogP contribution in [0.3, 0.4) is 0 Å². The third kappa shape index (κ3) is 2.15. The maximum Gasteiger partial charge on any atom is 0.132 e. The lowest BCUT2D eigenvalue weighted by atomic mass is 10.2. The first kappa shape index (κ1) is 8.87. The number of nitrogens with zero attached hydrogens (tertiary/aromatic N) is 2. The van der Waals surface area contributed by atoms with E-state index in [-0.39, 0.29) is 6.10 Å². The van der Waals surface area contributed by atoms with Crippen molar-refractivity contribution in [1.82, 2.24) is 15.3 Å². The summed E-state index contributed by atoms with van der Waals surface area (Å²) in [6, 6.07) is 1.74. The summed E-state index contributed by atoms with van der Waals surface area (Å²) in [6.07, 6.45) is 1.46. The van der Waals surface area contributed by atoms with Crippen LogP contribution >= 0.6 is 11.6 Å². The lowest BCUT2D eigenvalue weighted by Crippen LogP contribution is -2.33. The summed E-state index contributed by atoms with van der Waals surface area (Å²) in [5, 5.41) is 3.68. The van der Waals surface area contributed by atoms with Crippen LogP contribution in [-0.2, 0) is 4.74 Å². The lowest BCUT2D eigenvalue weighted by Gasteiger charge is -2.22. The summed E-state index contributed by atoms with van der Waals surface area (Å²) < 4.78 is 5.51. The van der Waals surface area contributed by atoms with Gasteiger partial charge >= 0.3 is 0 Å². The summed E-state index contributed by atoms with van der Waals surface area (Å²) >= 11 is 5.74. The van der Waals surface area contributed by atoms with Crippen LogP contribution in [0.25, 0.3) is 0 Å². The number of ether oxygens (including phenoxy) is 1. The van der Waals surface area contributed by atoms with E-state index < -0.39 is 0 Å². The van der Waals surface area contributed by atoms with E-state index in [4.69, 9.17) is 16.3 Å². The van der Waals surface area contributed by atoms with Gasteiger partial charge in [-0.25, -0.2) is 9.97 Å². The highest BCUT2D eigenvalue weighted by Crippen LogP contribution is 2.17. The van der Waals surface area contributed by atoms with Crippen LogP contribution in [0.4, 0.5) is 0 Å². The Hall–Kier alpha value is -0.710. The van der Waals surface area contributed by atoms with Crippen molar-refractivity contribution in [2.45, 2.75) is 6.10 Å². The molecule has 1 atom stereocenters. The zero-order valence-electron chi connectivity index (χ0n) is 7.03. The predicted octanol–water partition coefficient (Wildman–Crippen LogP) is 0.791. The number of halogens is 1. The van der Waals surface area contributed by atoms with E-state index in [0.29, 0.717) is 11.8 Å². The maximum atomic E-state index is 5.74. The fourth-order valence-electron chi connectivity index (χ4n) is 1.28. The van der Waals surface area contributed by atoms with E-state index in [9.17, 15) is 0 Å².